The predicted molar refractivity (Wildman–Crippen MR) is 93.1 cm³/mol. The zero-order valence-corrected chi connectivity index (χ0v) is 13.7. The summed E-state index contributed by atoms with van der Waals surface area (Å²) in [7, 11) is 0. The Bertz CT molecular complexity index is 774. The van der Waals surface area contributed by atoms with E-state index in [-0.39, 0.29) is 0 Å². The van der Waals surface area contributed by atoms with Crippen LogP contribution in [-0.2, 0) is 10.2 Å². The zero-order chi connectivity index (χ0) is 18.0. The predicted octanol–water partition coefficient (Wildman–Crippen LogP) is 4.09. The summed E-state index contributed by atoms with van der Waals surface area (Å²) in [6.07, 6.45) is 0. The van der Waals surface area contributed by atoms with Gasteiger partial charge in [0.15, 0.2) is 0 Å². The number of hydrogen-bond acceptors (Lipinski definition) is 1. The van der Waals surface area contributed by atoms with Crippen LogP contribution in [0.3, 0.4) is 0 Å². The Hall–Kier alpha value is -3.01. The van der Waals surface area contributed by atoms with E-state index in [1.54, 1.807) is 0 Å². The Kier molecular flexibility index (Phi) is 4.36. The highest BCUT2D eigenvalue weighted by atomic mass is 19.1. The van der Waals surface area contributed by atoms with E-state index in [2.05, 4.69) is 0 Å². The van der Waals surface area contributed by atoms with Gasteiger partial charge in [0.1, 0.15) is 17.0 Å². The van der Waals surface area contributed by atoms with Crippen LogP contribution in [0.25, 0.3) is 0 Å². The Morgan fingerprint density at radius 1 is 0.720 bits per heavy atom. The van der Waals surface area contributed by atoms with Gasteiger partial charge in [-0.25, -0.2) is 8.78 Å². The van der Waals surface area contributed by atoms with Crippen molar-refractivity contribution in [1.29, 1.82) is 0 Å². The number of rotatable bonds is 4. The van der Waals surface area contributed by atoms with Crippen LogP contribution in [0.15, 0.2) is 72.8 Å². The summed E-state index contributed by atoms with van der Waals surface area (Å²) < 4.78 is 26.8. The molecule has 0 spiro atoms. The lowest BCUT2D eigenvalue weighted by Gasteiger charge is -2.32. The van der Waals surface area contributed by atoms with Crippen LogP contribution in [0.4, 0.5) is 8.78 Å². The molecule has 2 N–H and O–H groups in total. The lowest BCUT2D eigenvalue weighted by molar-refractivity contribution is -0.120. The fraction of sp³-hybridized carbons (Fsp3) is 0.0952. The van der Waals surface area contributed by atoms with Crippen LogP contribution in [0.2, 0.25) is 0 Å². The minimum absolute atomic E-state index is 0.412. The van der Waals surface area contributed by atoms with E-state index in [1.807, 2.05) is 31.2 Å². The van der Waals surface area contributed by atoms with Gasteiger partial charge in [0.2, 0.25) is 5.91 Å². The average Bonchev–Trinajstić information content (AvgIpc) is 2.60. The molecule has 4 heteroatoms. The molecule has 0 aliphatic rings. The smallest absolute Gasteiger partial charge is 0.237 e. The summed E-state index contributed by atoms with van der Waals surface area (Å²) in [5, 5.41) is 0. The van der Waals surface area contributed by atoms with Crippen molar-refractivity contribution in [2.24, 2.45) is 5.73 Å². The SMILES string of the molecule is Cc1ccc(C(C(N)=O)(c2ccc(F)cc2)c2ccc(F)cc2)cc1. The lowest BCUT2D eigenvalue weighted by atomic mass is 9.69. The fourth-order valence-corrected chi connectivity index (χ4v) is 3.13. The fourth-order valence-electron chi connectivity index (χ4n) is 3.13. The first-order chi connectivity index (χ1) is 11.9. The molecular weight excluding hydrogens is 320 g/mol. The van der Waals surface area contributed by atoms with Gasteiger partial charge in [-0.15, -0.1) is 0 Å². The molecule has 0 unspecified atom stereocenters. The lowest BCUT2D eigenvalue weighted by Crippen LogP contribution is -2.43. The molecule has 1 amide bonds. The molecule has 0 atom stereocenters. The molecule has 3 rings (SSSR count). The molecule has 3 aromatic carbocycles. The van der Waals surface area contributed by atoms with Crippen LogP contribution in [0.5, 0.6) is 0 Å². The Balaban J connectivity index is 2.35. The van der Waals surface area contributed by atoms with Crippen LogP contribution >= 0.6 is 0 Å². The van der Waals surface area contributed by atoms with Gasteiger partial charge in [0, 0.05) is 0 Å². The molecule has 126 valence electrons. The molecule has 2 nitrogen and oxygen atoms in total. The van der Waals surface area contributed by atoms with Crippen LogP contribution in [-0.4, -0.2) is 5.91 Å². The first-order valence-corrected chi connectivity index (χ1v) is 7.83. The third-order valence-electron chi connectivity index (χ3n) is 4.41. The normalized spacial score (nSPS) is 11.3. The van der Waals surface area contributed by atoms with E-state index in [0.717, 1.165) is 5.56 Å². The first kappa shape index (κ1) is 16.8. The molecule has 0 heterocycles. The van der Waals surface area contributed by atoms with Crippen molar-refractivity contribution in [3.8, 4) is 0 Å². The maximum Gasteiger partial charge on any atom is 0.237 e. The minimum atomic E-state index is -1.34. The van der Waals surface area contributed by atoms with E-state index in [0.29, 0.717) is 16.7 Å². The molecule has 0 bridgehead atoms. The molecule has 3 aromatic rings. The largest absolute Gasteiger partial charge is 0.368 e. The van der Waals surface area contributed by atoms with Crippen LogP contribution in [0, 0.1) is 18.6 Å². The number of amides is 1. The molecule has 0 radical (unpaired) electrons. The van der Waals surface area contributed by atoms with Crippen molar-refractivity contribution < 1.29 is 13.6 Å². The number of hydrogen-bond donors (Lipinski definition) is 1. The molecule has 0 fully saturated rings. The molecule has 0 saturated carbocycles. The van der Waals surface area contributed by atoms with Gasteiger partial charge in [-0.2, -0.15) is 0 Å². The van der Waals surface area contributed by atoms with Crippen LogP contribution in [0.1, 0.15) is 22.3 Å². The Morgan fingerprint density at radius 3 is 1.36 bits per heavy atom. The van der Waals surface area contributed by atoms with Crippen molar-refractivity contribution in [1.82, 2.24) is 0 Å². The summed E-state index contributed by atoms with van der Waals surface area (Å²) in [5.74, 6) is -1.44. The van der Waals surface area contributed by atoms with Gasteiger partial charge in [0.05, 0.1) is 0 Å². The van der Waals surface area contributed by atoms with E-state index in [4.69, 9.17) is 5.73 Å². The van der Waals surface area contributed by atoms with Gasteiger partial charge in [-0.05, 0) is 47.9 Å². The number of primary amides is 1. The zero-order valence-electron chi connectivity index (χ0n) is 13.7. The number of aryl methyl sites for hydroxylation is 1. The Labute approximate surface area is 144 Å². The maximum atomic E-state index is 13.4. The van der Waals surface area contributed by atoms with E-state index < -0.39 is 23.0 Å². The van der Waals surface area contributed by atoms with Gasteiger partial charge in [0.25, 0.3) is 0 Å². The van der Waals surface area contributed by atoms with E-state index in [1.165, 1.54) is 48.5 Å². The Morgan fingerprint density at radius 2 is 1.04 bits per heavy atom. The van der Waals surface area contributed by atoms with Crippen LogP contribution < -0.4 is 5.73 Å². The third-order valence-corrected chi connectivity index (χ3v) is 4.41. The molecule has 0 aliphatic heterocycles. The highest BCUT2D eigenvalue weighted by Gasteiger charge is 2.42. The maximum absolute atomic E-state index is 13.4. The van der Waals surface area contributed by atoms with Crippen molar-refractivity contribution in [2.45, 2.75) is 12.3 Å². The standard InChI is InChI=1S/C21H17F2NO/c1-14-2-4-15(5-3-14)21(20(24)25,16-6-10-18(22)11-7-16)17-8-12-19(23)13-9-17/h2-13H,1H3,(H2,24,25). The second-order valence-corrected chi connectivity index (χ2v) is 5.99. The first-order valence-electron chi connectivity index (χ1n) is 7.83. The quantitative estimate of drug-likeness (QED) is 0.716. The van der Waals surface area contributed by atoms with Crippen molar-refractivity contribution in [2.75, 3.05) is 0 Å². The number of halogens is 2. The monoisotopic (exact) mass is 337 g/mol. The van der Waals surface area contributed by atoms with E-state index >= 15 is 0 Å². The minimum Gasteiger partial charge on any atom is -0.368 e. The topological polar surface area (TPSA) is 43.1 Å². The number of benzene rings is 3. The summed E-state index contributed by atoms with van der Waals surface area (Å²) >= 11 is 0. The summed E-state index contributed by atoms with van der Waals surface area (Å²) in [6, 6.07) is 18.6. The number of carbonyl (C=O) groups excluding carboxylic acids is 1. The van der Waals surface area contributed by atoms with Gasteiger partial charge < -0.3 is 5.73 Å². The van der Waals surface area contributed by atoms with Crippen molar-refractivity contribution in [3.63, 3.8) is 0 Å². The molecular formula is C21H17F2NO. The number of nitrogens with two attached hydrogens (primary N) is 1. The van der Waals surface area contributed by atoms with Crippen molar-refractivity contribution in [3.05, 3.63) is 107 Å². The molecule has 0 saturated heterocycles. The molecule has 0 aliphatic carbocycles. The van der Waals surface area contributed by atoms with Gasteiger partial charge >= 0.3 is 0 Å². The molecule has 0 aromatic heterocycles. The van der Waals surface area contributed by atoms with Gasteiger partial charge in [-0.1, -0.05) is 54.1 Å². The second kappa shape index (κ2) is 6.48. The highest BCUT2D eigenvalue weighted by molar-refractivity contribution is 5.95. The number of carbonyl (C=O) groups is 1. The van der Waals surface area contributed by atoms with Crippen molar-refractivity contribution >= 4 is 5.91 Å². The summed E-state index contributed by atoms with van der Waals surface area (Å²) in [5.41, 5.74) is 7.24. The van der Waals surface area contributed by atoms with E-state index in [9.17, 15) is 13.6 Å². The summed E-state index contributed by atoms with van der Waals surface area (Å²) in [4.78, 5) is 12.7. The van der Waals surface area contributed by atoms with Gasteiger partial charge in [-0.3, -0.25) is 4.79 Å². The highest BCUT2D eigenvalue weighted by Crippen LogP contribution is 2.39. The average molecular weight is 337 g/mol. The summed E-state index contributed by atoms with van der Waals surface area (Å²) in [6.45, 7) is 1.94. The molecule has 25 heavy (non-hydrogen) atoms. The third kappa shape index (κ3) is 2.91. The second-order valence-electron chi connectivity index (χ2n) is 5.99.